The van der Waals surface area contributed by atoms with Crippen LogP contribution in [0.1, 0.15) is 63.3 Å². The first-order valence-electron chi connectivity index (χ1n) is 11.0. The van der Waals surface area contributed by atoms with Crippen LogP contribution in [0.4, 0.5) is 5.69 Å². The average molecular weight is 408 g/mol. The van der Waals surface area contributed by atoms with E-state index in [1.165, 1.54) is 6.21 Å². The van der Waals surface area contributed by atoms with Crippen LogP contribution in [0.3, 0.4) is 0 Å². The topological polar surface area (TPSA) is 95.1 Å². The number of nitrogens with one attached hydrogen (secondary N) is 2. The lowest BCUT2D eigenvalue weighted by Gasteiger charge is -2.61. The quantitative estimate of drug-likeness (QED) is 0.704. The van der Waals surface area contributed by atoms with E-state index in [1.807, 2.05) is 18.2 Å². The molecule has 30 heavy (non-hydrogen) atoms. The second kappa shape index (κ2) is 7.22. The number of anilines is 1. The van der Waals surface area contributed by atoms with Crippen LogP contribution >= 0.6 is 0 Å². The van der Waals surface area contributed by atoms with E-state index in [9.17, 15) is 4.79 Å². The van der Waals surface area contributed by atoms with Crippen LogP contribution in [0.2, 0.25) is 0 Å². The first kappa shape index (κ1) is 19.3. The Morgan fingerprint density at radius 2 is 2.03 bits per heavy atom. The van der Waals surface area contributed by atoms with Gasteiger partial charge in [0.25, 0.3) is 0 Å². The molecule has 0 radical (unpaired) electrons. The molecule has 3 aliphatic carbocycles. The van der Waals surface area contributed by atoms with E-state index < -0.39 is 0 Å². The molecule has 0 unspecified atom stereocenters. The predicted molar refractivity (Wildman–Crippen MR) is 115 cm³/mol. The van der Waals surface area contributed by atoms with Crippen molar-refractivity contribution in [2.24, 2.45) is 11.3 Å². The fourth-order valence-electron chi connectivity index (χ4n) is 5.18. The summed E-state index contributed by atoms with van der Waals surface area (Å²) in [6.45, 7) is 5.70. The molecule has 7 nitrogen and oxygen atoms in total. The van der Waals surface area contributed by atoms with Crippen molar-refractivity contribution < 1.29 is 9.32 Å². The molecule has 4 aliphatic rings. The van der Waals surface area contributed by atoms with Crippen molar-refractivity contribution in [3.63, 3.8) is 0 Å². The summed E-state index contributed by atoms with van der Waals surface area (Å²) >= 11 is 0. The third-order valence-corrected chi connectivity index (χ3v) is 6.98. The molecule has 2 aromatic rings. The lowest BCUT2D eigenvalue weighted by molar-refractivity contribution is -0.178. The molecule has 6 rings (SSSR count). The molecule has 1 saturated heterocycles. The first-order chi connectivity index (χ1) is 14.5. The van der Waals surface area contributed by atoms with Crippen LogP contribution in [0, 0.1) is 16.7 Å². The largest absolute Gasteiger partial charge is 0.382 e. The Balaban J connectivity index is 1.26. The van der Waals surface area contributed by atoms with E-state index in [0.717, 1.165) is 67.9 Å². The third kappa shape index (κ3) is 3.20. The number of rotatable bonds is 6. The zero-order valence-electron chi connectivity index (χ0n) is 17.6. The van der Waals surface area contributed by atoms with Gasteiger partial charge in [-0.1, -0.05) is 17.3 Å². The molecular weight excluding hydrogens is 378 g/mol. The smallest absolute Gasteiger partial charge is 0.230 e. The third-order valence-electron chi connectivity index (χ3n) is 6.98. The lowest BCUT2D eigenvalue weighted by atomic mass is 9.44. The van der Waals surface area contributed by atoms with E-state index in [0.29, 0.717) is 17.6 Å². The number of hydrogen-bond acceptors (Lipinski definition) is 6. The molecule has 2 N–H and O–H groups in total. The summed E-state index contributed by atoms with van der Waals surface area (Å²) in [5.74, 6) is 2.65. The standard InChI is InChI=1S/C23H29N5O2/c1-14(2)25-19-9-17(3-4-18(19)13-24)20-26-21(30-27-20)16-5-7-28(8-6-16)22(29)23-10-15(11-23)12-23/h3-4,9,13-16,24-25H,5-8,10-12H2,1-2H3. The van der Waals surface area contributed by atoms with Gasteiger partial charge in [0.1, 0.15) is 0 Å². The molecule has 4 fully saturated rings. The zero-order valence-corrected chi connectivity index (χ0v) is 17.6. The van der Waals surface area contributed by atoms with Crippen molar-refractivity contribution in [1.29, 1.82) is 5.41 Å². The van der Waals surface area contributed by atoms with Gasteiger partial charge in [-0.25, -0.2) is 0 Å². The van der Waals surface area contributed by atoms with E-state index >= 15 is 0 Å². The number of carbonyl (C=O) groups excluding carboxylic acids is 1. The van der Waals surface area contributed by atoms with Crippen LogP contribution in [0.5, 0.6) is 0 Å². The summed E-state index contributed by atoms with van der Waals surface area (Å²) in [6.07, 6.45) is 6.44. The molecule has 0 spiro atoms. The van der Waals surface area contributed by atoms with Gasteiger partial charge in [-0.3, -0.25) is 4.79 Å². The molecule has 3 saturated carbocycles. The molecule has 7 heteroatoms. The Bertz CT molecular complexity index is 957. The molecule has 0 atom stereocenters. The van der Waals surface area contributed by atoms with Crippen molar-refractivity contribution in [3.05, 3.63) is 29.7 Å². The summed E-state index contributed by atoms with van der Waals surface area (Å²) in [5, 5.41) is 15.2. The number of carbonyl (C=O) groups is 1. The van der Waals surface area contributed by atoms with Crippen LogP contribution in [0.15, 0.2) is 22.7 Å². The monoisotopic (exact) mass is 407 g/mol. The Morgan fingerprint density at radius 3 is 2.63 bits per heavy atom. The highest BCUT2D eigenvalue weighted by molar-refractivity contribution is 5.87. The normalized spacial score (nSPS) is 25.6. The molecule has 1 aliphatic heterocycles. The predicted octanol–water partition coefficient (Wildman–Crippen LogP) is 4.06. The van der Waals surface area contributed by atoms with Crippen LogP contribution in [-0.4, -0.2) is 46.3 Å². The van der Waals surface area contributed by atoms with Crippen molar-refractivity contribution in [3.8, 4) is 11.4 Å². The van der Waals surface area contributed by atoms with Crippen molar-refractivity contribution in [2.75, 3.05) is 18.4 Å². The number of nitrogens with zero attached hydrogens (tertiary/aromatic N) is 3. The fraction of sp³-hybridized carbons (Fsp3) is 0.565. The van der Waals surface area contributed by atoms with Gasteiger partial charge in [-0.15, -0.1) is 0 Å². The zero-order chi connectivity index (χ0) is 20.9. The summed E-state index contributed by atoms with van der Waals surface area (Å²) in [6, 6.07) is 6.06. The molecular formula is C23H29N5O2. The summed E-state index contributed by atoms with van der Waals surface area (Å²) in [7, 11) is 0. The van der Waals surface area contributed by atoms with Gasteiger partial charge in [0.2, 0.25) is 17.6 Å². The van der Waals surface area contributed by atoms with E-state index in [4.69, 9.17) is 9.93 Å². The fourth-order valence-corrected chi connectivity index (χ4v) is 5.18. The maximum atomic E-state index is 12.8. The Kier molecular flexibility index (Phi) is 4.64. The molecule has 2 heterocycles. The van der Waals surface area contributed by atoms with Crippen LogP contribution in [-0.2, 0) is 4.79 Å². The van der Waals surface area contributed by atoms with Gasteiger partial charge in [0.05, 0.1) is 5.41 Å². The number of likely N-dealkylation sites (tertiary alicyclic amines) is 1. The number of aromatic nitrogens is 2. The minimum Gasteiger partial charge on any atom is -0.382 e. The minimum atomic E-state index is 0.0134. The Labute approximate surface area is 176 Å². The number of amides is 1. The van der Waals surface area contributed by atoms with Crippen LogP contribution in [0.25, 0.3) is 11.4 Å². The van der Waals surface area contributed by atoms with Gasteiger partial charge < -0.3 is 20.1 Å². The van der Waals surface area contributed by atoms with Gasteiger partial charge >= 0.3 is 0 Å². The van der Waals surface area contributed by atoms with Crippen molar-refractivity contribution in [1.82, 2.24) is 15.0 Å². The second-order valence-corrected chi connectivity index (χ2v) is 9.53. The van der Waals surface area contributed by atoms with E-state index in [2.05, 4.69) is 34.2 Å². The maximum absolute atomic E-state index is 12.8. The summed E-state index contributed by atoms with van der Waals surface area (Å²) in [5.41, 5.74) is 2.61. The molecule has 1 aromatic carbocycles. The first-order valence-corrected chi connectivity index (χ1v) is 11.0. The number of piperidine rings is 1. The van der Waals surface area contributed by atoms with Crippen LogP contribution < -0.4 is 5.32 Å². The van der Waals surface area contributed by atoms with Crippen molar-refractivity contribution in [2.45, 2.75) is 57.9 Å². The Morgan fingerprint density at radius 1 is 1.30 bits per heavy atom. The highest BCUT2D eigenvalue weighted by atomic mass is 16.5. The molecule has 1 amide bonds. The number of hydrogen-bond donors (Lipinski definition) is 2. The Hall–Kier alpha value is -2.70. The maximum Gasteiger partial charge on any atom is 0.230 e. The molecule has 1 aromatic heterocycles. The van der Waals surface area contributed by atoms with Gasteiger partial charge in [-0.05, 0) is 57.9 Å². The second-order valence-electron chi connectivity index (χ2n) is 9.53. The van der Waals surface area contributed by atoms with E-state index in [1.54, 1.807) is 0 Å². The summed E-state index contributed by atoms with van der Waals surface area (Å²) < 4.78 is 5.61. The summed E-state index contributed by atoms with van der Waals surface area (Å²) in [4.78, 5) is 19.5. The molecule has 2 bridgehead atoms. The van der Waals surface area contributed by atoms with Crippen molar-refractivity contribution >= 4 is 17.8 Å². The van der Waals surface area contributed by atoms with Gasteiger partial charge in [-0.2, -0.15) is 4.98 Å². The number of benzene rings is 1. The van der Waals surface area contributed by atoms with Gasteiger partial charge in [0, 0.05) is 48.1 Å². The highest BCUT2D eigenvalue weighted by Gasteiger charge is 2.62. The van der Waals surface area contributed by atoms with E-state index in [-0.39, 0.29) is 17.4 Å². The minimum absolute atomic E-state index is 0.0134. The SMILES string of the molecule is CC(C)Nc1cc(-c2noc(C3CCN(C(=O)C45CC(C4)C5)CC3)n2)ccc1C=N. The van der Waals surface area contributed by atoms with Gasteiger partial charge in [0.15, 0.2) is 0 Å². The average Bonchev–Trinajstić information content (AvgIpc) is 3.15. The molecule has 158 valence electrons. The lowest BCUT2D eigenvalue weighted by Crippen LogP contribution is -2.61. The highest BCUT2D eigenvalue weighted by Crippen LogP contribution is 2.65.